The molecule has 0 unspecified atom stereocenters. The van der Waals surface area contributed by atoms with Crippen LogP contribution in [0.3, 0.4) is 0 Å². The topological polar surface area (TPSA) is 71.2 Å². The van der Waals surface area contributed by atoms with Crippen molar-refractivity contribution in [1.29, 1.82) is 0 Å². The Hall–Kier alpha value is -2.95. The third-order valence-electron chi connectivity index (χ3n) is 4.36. The van der Waals surface area contributed by atoms with E-state index in [1.165, 1.54) is 0 Å². The summed E-state index contributed by atoms with van der Waals surface area (Å²) in [6, 6.07) is 17.3. The van der Waals surface area contributed by atoms with Crippen molar-refractivity contribution >= 4 is 17.3 Å². The number of ether oxygens (including phenoxy) is 1. The highest BCUT2D eigenvalue weighted by Gasteiger charge is 1.96. The molecular weight excluding hydrogens is 364 g/mol. The zero-order valence-corrected chi connectivity index (χ0v) is 16.9. The fourth-order valence-electron chi connectivity index (χ4n) is 2.77. The average molecular weight is 395 g/mol. The SMILES string of the molecule is O=C(O)CCCCCCC/C=C\CCOc1ccc(N=Nc2ccccc2)cc1. The largest absolute Gasteiger partial charge is 0.493 e. The van der Waals surface area contributed by atoms with E-state index in [0.717, 1.165) is 62.1 Å². The van der Waals surface area contributed by atoms with Gasteiger partial charge >= 0.3 is 5.97 Å². The smallest absolute Gasteiger partial charge is 0.303 e. The first-order valence-corrected chi connectivity index (χ1v) is 10.3. The average Bonchev–Trinajstić information content (AvgIpc) is 2.74. The molecule has 0 saturated heterocycles. The summed E-state index contributed by atoms with van der Waals surface area (Å²) in [5, 5.41) is 17.0. The van der Waals surface area contributed by atoms with Crippen molar-refractivity contribution in [1.82, 2.24) is 0 Å². The first-order chi connectivity index (χ1) is 14.2. The van der Waals surface area contributed by atoms with E-state index in [0.29, 0.717) is 13.0 Å². The highest BCUT2D eigenvalue weighted by Crippen LogP contribution is 2.21. The highest BCUT2D eigenvalue weighted by molar-refractivity contribution is 5.66. The molecule has 0 aliphatic heterocycles. The van der Waals surface area contributed by atoms with Crippen molar-refractivity contribution in [2.24, 2.45) is 10.2 Å². The van der Waals surface area contributed by atoms with Gasteiger partial charge in [-0.3, -0.25) is 4.79 Å². The van der Waals surface area contributed by atoms with Crippen molar-refractivity contribution in [3.63, 3.8) is 0 Å². The molecule has 29 heavy (non-hydrogen) atoms. The van der Waals surface area contributed by atoms with Gasteiger partial charge in [-0.05, 0) is 62.1 Å². The number of hydrogen-bond donors (Lipinski definition) is 1. The molecule has 154 valence electrons. The quantitative estimate of drug-likeness (QED) is 0.208. The number of carbonyl (C=O) groups is 1. The fourth-order valence-corrected chi connectivity index (χ4v) is 2.77. The lowest BCUT2D eigenvalue weighted by Crippen LogP contribution is -1.94. The van der Waals surface area contributed by atoms with Crippen molar-refractivity contribution in [2.75, 3.05) is 6.61 Å². The molecule has 0 aliphatic rings. The second kappa shape index (κ2) is 14.1. The molecule has 5 heteroatoms. The molecule has 0 radical (unpaired) electrons. The summed E-state index contributed by atoms with van der Waals surface area (Å²) >= 11 is 0. The third kappa shape index (κ3) is 10.8. The summed E-state index contributed by atoms with van der Waals surface area (Å²) in [6.45, 7) is 0.649. The van der Waals surface area contributed by atoms with Crippen LogP contribution in [0.15, 0.2) is 77.0 Å². The minimum absolute atomic E-state index is 0.292. The lowest BCUT2D eigenvalue weighted by molar-refractivity contribution is -0.137. The van der Waals surface area contributed by atoms with Gasteiger partial charge in [-0.1, -0.05) is 49.6 Å². The van der Waals surface area contributed by atoms with Crippen molar-refractivity contribution in [3.05, 3.63) is 66.7 Å². The van der Waals surface area contributed by atoms with Crippen molar-refractivity contribution in [3.8, 4) is 5.75 Å². The summed E-state index contributed by atoms with van der Waals surface area (Å²) in [5.74, 6) is 0.137. The molecule has 2 aromatic rings. The maximum Gasteiger partial charge on any atom is 0.303 e. The van der Waals surface area contributed by atoms with Gasteiger partial charge in [-0.25, -0.2) is 0 Å². The number of unbranched alkanes of at least 4 members (excludes halogenated alkanes) is 5. The van der Waals surface area contributed by atoms with Crippen LogP contribution in [0.2, 0.25) is 0 Å². The Balaban J connectivity index is 1.52. The second-order valence-corrected chi connectivity index (χ2v) is 6.84. The normalized spacial score (nSPS) is 11.3. The summed E-state index contributed by atoms with van der Waals surface area (Å²) in [6.07, 6.45) is 11.8. The number of allylic oxidation sites excluding steroid dienone is 1. The molecule has 0 aromatic heterocycles. The van der Waals surface area contributed by atoms with Gasteiger partial charge in [0.05, 0.1) is 18.0 Å². The van der Waals surface area contributed by atoms with Gasteiger partial charge in [0.1, 0.15) is 5.75 Å². The van der Waals surface area contributed by atoms with Gasteiger partial charge in [0.2, 0.25) is 0 Å². The molecule has 0 amide bonds. The summed E-state index contributed by atoms with van der Waals surface area (Å²) < 4.78 is 5.74. The molecule has 0 fully saturated rings. The van der Waals surface area contributed by atoms with E-state index in [9.17, 15) is 4.79 Å². The molecular formula is C24H30N2O3. The Morgan fingerprint density at radius 2 is 1.41 bits per heavy atom. The first-order valence-electron chi connectivity index (χ1n) is 10.3. The Morgan fingerprint density at radius 3 is 2.14 bits per heavy atom. The Kier molecular flexibility index (Phi) is 10.9. The van der Waals surface area contributed by atoms with Crippen LogP contribution in [0.1, 0.15) is 51.4 Å². The lowest BCUT2D eigenvalue weighted by atomic mass is 10.1. The Bertz CT molecular complexity index is 755. The van der Waals surface area contributed by atoms with Crippen LogP contribution < -0.4 is 4.74 Å². The van der Waals surface area contributed by atoms with Gasteiger partial charge in [0.15, 0.2) is 0 Å². The van der Waals surface area contributed by atoms with Crippen LogP contribution in [-0.2, 0) is 4.79 Å². The zero-order valence-electron chi connectivity index (χ0n) is 16.9. The van der Waals surface area contributed by atoms with E-state index in [-0.39, 0.29) is 0 Å². The van der Waals surface area contributed by atoms with Gasteiger partial charge in [-0.2, -0.15) is 10.2 Å². The number of azo groups is 1. The molecule has 1 N–H and O–H groups in total. The van der Waals surface area contributed by atoms with Crippen LogP contribution in [0.5, 0.6) is 5.75 Å². The molecule has 0 spiro atoms. The van der Waals surface area contributed by atoms with E-state index >= 15 is 0 Å². The predicted molar refractivity (Wildman–Crippen MR) is 116 cm³/mol. The van der Waals surface area contributed by atoms with Crippen LogP contribution in [0.4, 0.5) is 11.4 Å². The van der Waals surface area contributed by atoms with Crippen LogP contribution >= 0.6 is 0 Å². The predicted octanol–water partition coefficient (Wildman–Crippen LogP) is 7.24. The van der Waals surface area contributed by atoms with E-state index in [1.807, 2.05) is 54.6 Å². The Labute approximate surface area is 173 Å². The molecule has 0 heterocycles. The molecule has 5 nitrogen and oxygen atoms in total. The minimum atomic E-state index is -0.695. The maximum atomic E-state index is 10.4. The molecule has 0 bridgehead atoms. The number of carboxylic acids is 1. The van der Waals surface area contributed by atoms with E-state index in [4.69, 9.17) is 9.84 Å². The number of hydrogen-bond acceptors (Lipinski definition) is 4. The molecule has 0 saturated carbocycles. The maximum absolute atomic E-state index is 10.4. The van der Waals surface area contributed by atoms with Crippen LogP contribution in [0, 0.1) is 0 Å². The summed E-state index contributed by atoms with van der Waals surface area (Å²) in [7, 11) is 0. The third-order valence-corrected chi connectivity index (χ3v) is 4.36. The monoisotopic (exact) mass is 394 g/mol. The standard InChI is InChI=1S/C24H30N2O3/c27-24(28)15-11-6-4-2-1-3-5-7-12-20-29-23-18-16-22(17-19-23)26-25-21-13-9-8-10-14-21/h5,7-10,13-14,16-19H,1-4,6,11-12,15,20H2,(H,27,28)/b7-5-,26-25?. The van der Waals surface area contributed by atoms with E-state index in [1.54, 1.807) is 0 Å². The minimum Gasteiger partial charge on any atom is -0.493 e. The summed E-state index contributed by atoms with van der Waals surface area (Å²) in [5.41, 5.74) is 1.63. The number of carboxylic acid groups (broad SMARTS) is 1. The second-order valence-electron chi connectivity index (χ2n) is 6.84. The van der Waals surface area contributed by atoms with Crippen LogP contribution in [-0.4, -0.2) is 17.7 Å². The van der Waals surface area contributed by atoms with Gasteiger partial charge in [0.25, 0.3) is 0 Å². The number of aliphatic carboxylic acids is 1. The van der Waals surface area contributed by atoms with Gasteiger partial charge in [0, 0.05) is 6.42 Å². The molecule has 2 aromatic carbocycles. The van der Waals surface area contributed by atoms with E-state index in [2.05, 4.69) is 22.4 Å². The van der Waals surface area contributed by atoms with Crippen LogP contribution in [0.25, 0.3) is 0 Å². The zero-order chi connectivity index (χ0) is 20.6. The first kappa shape index (κ1) is 22.3. The molecule has 0 atom stereocenters. The number of nitrogens with zero attached hydrogens (tertiary/aromatic N) is 2. The van der Waals surface area contributed by atoms with Gasteiger partial charge < -0.3 is 9.84 Å². The molecule has 0 aliphatic carbocycles. The number of rotatable bonds is 14. The van der Waals surface area contributed by atoms with Crippen molar-refractivity contribution in [2.45, 2.75) is 51.4 Å². The summed E-state index contributed by atoms with van der Waals surface area (Å²) in [4.78, 5) is 10.4. The molecule has 2 rings (SSSR count). The fraction of sp³-hybridized carbons (Fsp3) is 0.375. The van der Waals surface area contributed by atoms with Gasteiger partial charge in [-0.15, -0.1) is 0 Å². The van der Waals surface area contributed by atoms with E-state index < -0.39 is 5.97 Å². The lowest BCUT2D eigenvalue weighted by Gasteiger charge is -2.04. The van der Waals surface area contributed by atoms with Crippen molar-refractivity contribution < 1.29 is 14.6 Å². The number of benzene rings is 2. The highest BCUT2D eigenvalue weighted by atomic mass is 16.5. The Morgan fingerprint density at radius 1 is 0.793 bits per heavy atom.